The number of fused-ring (bicyclic) bond motifs is 1. The SMILES string of the molecule is O=C(CC1CCNCC1)Nc1ccc2nc(C(F)(F)F)[nH]c2c1. The highest BCUT2D eigenvalue weighted by Crippen LogP contribution is 2.29. The normalized spacial score (nSPS) is 16.7. The van der Waals surface area contributed by atoms with Gasteiger partial charge in [-0.15, -0.1) is 0 Å². The number of nitrogens with zero attached hydrogens (tertiary/aromatic N) is 1. The summed E-state index contributed by atoms with van der Waals surface area (Å²) in [5, 5.41) is 5.98. The highest BCUT2D eigenvalue weighted by Gasteiger charge is 2.34. The summed E-state index contributed by atoms with van der Waals surface area (Å²) in [7, 11) is 0. The van der Waals surface area contributed by atoms with Crippen LogP contribution in [0.5, 0.6) is 0 Å². The van der Waals surface area contributed by atoms with E-state index in [-0.39, 0.29) is 16.9 Å². The Morgan fingerprint density at radius 2 is 2.04 bits per heavy atom. The average molecular weight is 326 g/mol. The number of carbonyl (C=O) groups excluding carboxylic acids is 1. The maximum atomic E-state index is 12.6. The maximum Gasteiger partial charge on any atom is 0.449 e. The number of alkyl halides is 3. The van der Waals surface area contributed by atoms with Crippen molar-refractivity contribution in [3.05, 3.63) is 24.0 Å². The highest BCUT2D eigenvalue weighted by molar-refractivity contribution is 5.93. The van der Waals surface area contributed by atoms with Gasteiger partial charge in [-0.05, 0) is 50.0 Å². The lowest BCUT2D eigenvalue weighted by Gasteiger charge is -2.21. The van der Waals surface area contributed by atoms with Crippen LogP contribution >= 0.6 is 0 Å². The number of imidazole rings is 1. The van der Waals surface area contributed by atoms with Crippen LogP contribution < -0.4 is 10.6 Å². The molecular weight excluding hydrogens is 309 g/mol. The Bertz CT molecular complexity index is 704. The van der Waals surface area contributed by atoms with Crippen molar-refractivity contribution in [2.45, 2.75) is 25.4 Å². The molecule has 8 heteroatoms. The Morgan fingerprint density at radius 3 is 2.74 bits per heavy atom. The number of hydrogen-bond acceptors (Lipinski definition) is 3. The minimum Gasteiger partial charge on any atom is -0.334 e. The zero-order chi connectivity index (χ0) is 16.4. The molecule has 0 bridgehead atoms. The van der Waals surface area contributed by atoms with Gasteiger partial charge in [-0.25, -0.2) is 4.98 Å². The number of anilines is 1. The van der Waals surface area contributed by atoms with Crippen LogP contribution in [-0.4, -0.2) is 29.0 Å². The van der Waals surface area contributed by atoms with Crippen molar-refractivity contribution in [2.75, 3.05) is 18.4 Å². The zero-order valence-corrected chi connectivity index (χ0v) is 12.3. The molecule has 3 rings (SSSR count). The maximum absolute atomic E-state index is 12.6. The van der Waals surface area contributed by atoms with E-state index in [9.17, 15) is 18.0 Å². The van der Waals surface area contributed by atoms with Gasteiger partial charge in [0.1, 0.15) is 0 Å². The van der Waals surface area contributed by atoms with Crippen LogP contribution in [0.3, 0.4) is 0 Å². The molecule has 1 fully saturated rings. The van der Waals surface area contributed by atoms with E-state index in [2.05, 4.69) is 20.6 Å². The van der Waals surface area contributed by atoms with Crippen molar-refractivity contribution in [1.82, 2.24) is 15.3 Å². The van der Waals surface area contributed by atoms with Crippen molar-refractivity contribution in [1.29, 1.82) is 0 Å². The fraction of sp³-hybridized carbons (Fsp3) is 0.467. The molecule has 1 aliphatic rings. The van der Waals surface area contributed by atoms with Crippen LogP contribution in [0, 0.1) is 5.92 Å². The van der Waals surface area contributed by atoms with Crippen molar-refractivity contribution < 1.29 is 18.0 Å². The third-order valence-corrected chi connectivity index (χ3v) is 3.97. The van der Waals surface area contributed by atoms with E-state index >= 15 is 0 Å². The van der Waals surface area contributed by atoms with E-state index in [0.29, 0.717) is 18.0 Å². The Morgan fingerprint density at radius 1 is 1.30 bits per heavy atom. The van der Waals surface area contributed by atoms with Gasteiger partial charge in [-0.3, -0.25) is 4.79 Å². The number of nitrogens with one attached hydrogen (secondary N) is 3. The summed E-state index contributed by atoms with van der Waals surface area (Å²) in [5.74, 6) is -0.804. The van der Waals surface area contributed by atoms with Gasteiger partial charge >= 0.3 is 6.18 Å². The first kappa shape index (κ1) is 15.8. The lowest BCUT2D eigenvalue weighted by molar-refractivity contribution is -0.144. The molecule has 2 heterocycles. The van der Waals surface area contributed by atoms with Gasteiger partial charge < -0.3 is 15.6 Å². The molecule has 1 aromatic heterocycles. The van der Waals surface area contributed by atoms with Crippen molar-refractivity contribution in [3.8, 4) is 0 Å². The Labute approximate surface area is 130 Å². The number of rotatable bonds is 3. The molecule has 0 radical (unpaired) electrons. The summed E-state index contributed by atoms with van der Waals surface area (Å²) in [4.78, 5) is 17.8. The molecule has 2 aromatic rings. The second-order valence-electron chi connectivity index (χ2n) is 5.76. The molecular formula is C15H17F3N4O. The van der Waals surface area contributed by atoms with Crippen LogP contribution in [0.25, 0.3) is 11.0 Å². The van der Waals surface area contributed by atoms with Gasteiger partial charge in [0, 0.05) is 12.1 Å². The van der Waals surface area contributed by atoms with Gasteiger partial charge in [-0.2, -0.15) is 13.2 Å². The van der Waals surface area contributed by atoms with Crippen LogP contribution in [0.4, 0.5) is 18.9 Å². The van der Waals surface area contributed by atoms with E-state index in [1.165, 1.54) is 12.1 Å². The molecule has 124 valence electrons. The summed E-state index contributed by atoms with van der Waals surface area (Å²) in [6.07, 6.45) is -2.17. The Kier molecular flexibility index (Phi) is 4.25. The summed E-state index contributed by atoms with van der Waals surface area (Å²) in [6.45, 7) is 1.83. The molecule has 1 amide bonds. The smallest absolute Gasteiger partial charge is 0.334 e. The highest BCUT2D eigenvalue weighted by atomic mass is 19.4. The molecule has 0 saturated carbocycles. The van der Waals surface area contributed by atoms with Crippen LogP contribution in [0.1, 0.15) is 25.1 Å². The largest absolute Gasteiger partial charge is 0.449 e. The summed E-state index contributed by atoms with van der Waals surface area (Å²) >= 11 is 0. The zero-order valence-electron chi connectivity index (χ0n) is 12.3. The number of aromatic amines is 1. The monoisotopic (exact) mass is 326 g/mol. The molecule has 1 saturated heterocycles. The third kappa shape index (κ3) is 3.82. The molecule has 0 atom stereocenters. The fourth-order valence-electron chi connectivity index (χ4n) is 2.78. The molecule has 1 aliphatic heterocycles. The number of halogens is 3. The molecule has 0 aliphatic carbocycles. The molecule has 5 nitrogen and oxygen atoms in total. The first-order chi connectivity index (χ1) is 10.9. The van der Waals surface area contributed by atoms with Gasteiger partial charge in [0.25, 0.3) is 0 Å². The minimum atomic E-state index is -4.52. The van der Waals surface area contributed by atoms with Crippen molar-refractivity contribution in [2.24, 2.45) is 5.92 Å². The third-order valence-electron chi connectivity index (χ3n) is 3.97. The van der Waals surface area contributed by atoms with Gasteiger partial charge in [0.05, 0.1) is 11.0 Å². The molecule has 23 heavy (non-hydrogen) atoms. The quantitative estimate of drug-likeness (QED) is 0.812. The lowest BCUT2D eigenvalue weighted by Crippen LogP contribution is -2.30. The lowest BCUT2D eigenvalue weighted by atomic mass is 9.94. The van der Waals surface area contributed by atoms with E-state index in [1.807, 2.05) is 0 Å². The fourth-order valence-corrected chi connectivity index (χ4v) is 2.78. The molecule has 0 spiro atoms. The van der Waals surface area contributed by atoms with Crippen LogP contribution in [-0.2, 0) is 11.0 Å². The van der Waals surface area contributed by atoms with E-state index in [4.69, 9.17) is 0 Å². The first-order valence-electron chi connectivity index (χ1n) is 7.49. The predicted octanol–water partition coefficient (Wildman–Crippen LogP) is 2.91. The Hall–Kier alpha value is -2.09. The van der Waals surface area contributed by atoms with Gasteiger partial charge in [-0.1, -0.05) is 0 Å². The summed E-state index contributed by atoms with van der Waals surface area (Å²) < 4.78 is 37.9. The predicted molar refractivity (Wildman–Crippen MR) is 79.9 cm³/mol. The van der Waals surface area contributed by atoms with E-state index < -0.39 is 12.0 Å². The number of amides is 1. The number of hydrogen-bond donors (Lipinski definition) is 3. The van der Waals surface area contributed by atoms with Gasteiger partial charge in [0.2, 0.25) is 11.7 Å². The topological polar surface area (TPSA) is 69.8 Å². The van der Waals surface area contributed by atoms with Crippen molar-refractivity contribution >= 4 is 22.6 Å². The van der Waals surface area contributed by atoms with E-state index in [0.717, 1.165) is 25.9 Å². The standard InChI is InChI=1S/C15H17F3N4O/c16-15(17,18)14-21-11-2-1-10(8-12(11)22-14)20-13(23)7-9-3-5-19-6-4-9/h1-2,8-9,19H,3-7H2,(H,20,23)(H,21,22). The molecule has 1 aromatic carbocycles. The Balaban J connectivity index is 1.69. The molecule has 3 N–H and O–H groups in total. The molecule has 0 unspecified atom stereocenters. The average Bonchev–Trinajstić information content (AvgIpc) is 2.91. The second-order valence-corrected chi connectivity index (χ2v) is 5.76. The van der Waals surface area contributed by atoms with Gasteiger partial charge in [0.15, 0.2) is 0 Å². The summed E-state index contributed by atoms with van der Waals surface area (Å²) in [6, 6.07) is 4.49. The number of piperidine rings is 1. The second kappa shape index (κ2) is 6.19. The number of carbonyl (C=O) groups is 1. The number of benzene rings is 1. The van der Waals surface area contributed by atoms with Crippen LogP contribution in [0.15, 0.2) is 18.2 Å². The van der Waals surface area contributed by atoms with Crippen LogP contribution in [0.2, 0.25) is 0 Å². The first-order valence-corrected chi connectivity index (χ1v) is 7.49. The van der Waals surface area contributed by atoms with E-state index in [1.54, 1.807) is 6.07 Å². The minimum absolute atomic E-state index is 0.119. The van der Waals surface area contributed by atoms with Crippen molar-refractivity contribution in [3.63, 3.8) is 0 Å². The number of aromatic nitrogens is 2. The summed E-state index contributed by atoms with van der Waals surface area (Å²) in [5.41, 5.74) is 0.930. The number of H-pyrrole nitrogens is 1.